The summed E-state index contributed by atoms with van der Waals surface area (Å²) in [5.74, 6) is -0.229. The number of hydrogen-bond donors (Lipinski definition) is 2. The number of fused-ring (bicyclic) bond motifs is 1. The van der Waals surface area contributed by atoms with E-state index in [2.05, 4.69) is 10.9 Å². The Morgan fingerprint density at radius 2 is 1.67 bits per heavy atom. The summed E-state index contributed by atoms with van der Waals surface area (Å²) >= 11 is 0. The summed E-state index contributed by atoms with van der Waals surface area (Å²) in [6, 6.07) is 21.2. The maximum Gasteiger partial charge on any atom is 0.276 e. The monoisotopic (exact) mass is 360 g/mol. The molecule has 0 aromatic heterocycles. The van der Waals surface area contributed by atoms with Crippen molar-refractivity contribution in [3.05, 3.63) is 83.9 Å². The molecule has 0 radical (unpaired) electrons. The number of aryl methyl sites for hydroxylation is 1. The number of nitrogens with one attached hydrogen (secondary N) is 2. The standard InChI is InChI=1S/C22H20N2O3/c1-16-7-2-5-12-20(16)27-15-22(26)24-23-21(25)14-13-18-10-6-9-17-8-3-4-11-19(17)18/h2-14H,15H2,1H3,(H,23,25)(H,24,26). The zero-order valence-corrected chi connectivity index (χ0v) is 14.9. The van der Waals surface area contributed by atoms with Crippen molar-refractivity contribution in [3.8, 4) is 5.75 Å². The van der Waals surface area contributed by atoms with E-state index in [1.165, 1.54) is 6.08 Å². The van der Waals surface area contributed by atoms with Gasteiger partial charge in [0.1, 0.15) is 5.75 Å². The number of benzene rings is 3. The molecule has 0 atom stereocenters. The summed E-state index contributed by atoms with van der Waals surface area (Å²) in [6.07, 6.45) is 3.10. The van der Waals surface area contributed by atoms with Crippen LogP contribution < -0.4 is 15.6 Å². The van der Waals surface area contributed by atoms with E-state index >= 15 is 0 Å². The minimum Gasteiger partial charge on any atom is -0.483 e. The maximum atomic E-state index is 11.9. The van der Waals surface area contributed by atoms with E-state index < -0.39 is 11.8 Å². The first kappa shape index (κ1) is 18.2. The normalized spacial score (nSPS) is 10.7. The van der Waals surface area contributed by atoms with E-state index in [-0.39, 0.29) is 6.61 Å². The molecular weight excluding hydrogens is 340 g/mol. The van der Waals surface area contributed by atoms with E-state index in [1.54, 1.807) is 12.1 Å². The van der Waals surface area contributed by atoms with Crippen molar-refractivity contribution >= 4 is 28.7 Å². The summed E-state index contributed by atoms with van der Waals surface area (Å²) in [6.45, 7) is 1.71. The molecule has 0 saturated carbocycles. The average Bonchev–Trinajstić information content (AvgIpc) is 2.70. The lowest BCUT2D eigenvalue weighted by Crippen LogP contribution is -2.43. The predicted molar refractivity (Wildman–Crippen MR) is 106 cm³/mol. The van der Waals surface area contributed by atoms with Crippen LogP contribution in [-0.4, -0.2) is 18.4 Å². The van der Waals surface area contributed by atoms with Crippen molar-refractivity contribution in [2.45, 2.75) is 6.92 Å². The summed E-state index contributed by atoms with van der Waals surface area (Å²) in [5.41, 5.74) is 6.54. The molecule has 0 aliphatic rings. The van der Waals surface area contributed by atoms with E-state index in [4.69, 9.17) is 4.74 Å². The predicted octanol–water partition coefficient (Wildman–Crippen LogP) is 3.39. The van der Waals surface area contributed by atoms with Gasteiger partial charge >= 0.3 is 0 Å². The molecule has 0 bridgehead atoms. The van der Waals surface area contributed by atoms with E-state index in [0.29, 0.717) is 5.75 Å². The van der Waals surface area contributed by atoms with Gasteiger partial charge in [0, 0.05) is 6.08 Å². The van der Waals surface area contributed by atoms with Gasteiger partial charge in [-0.25, -0.2) is 0 Å². The first-order valence-corrected chi connectivity index (χ1v) is 8.56. The number of rotatable bonds is 5. The van der Waals surface area contributed by atoms with Gasteiger partial charge < -0.3 is 4.74 Å². The molecule has 27 heavy (non-hydrogen) atoms. The first-order valence-electron chi connectivity index (χ1n) is 8.56. The van der Waals surface area contributed by atoms with Gasteiger partial charge in [-0.05, 0) is 41.0 Å². The second-order valence-corrected chi connectivity index (χ2v) is 5.99. The third kappa shape index (κ3) is 4.95. The van der Waals surface area contributed by atoms with Gasteiger partial charge in [0.2, 0.25) is 0 Å². The second-order valence-electron chi connectivity index (χ2n) is 5.99. The summed E-state index contributed by atoms with van der Waals surface area (Å²) in [4.78, 5) is 23.7. The van der Waals surface area contributed by atoms with E-state index in [0.717, 1.165) is 21.9 Å². The minimum atomic E-state index is -0.440. The highest BCUT2D eigenvalue weighted by Gasteiger charge is 2.05. The fourth-order valence-corrected chi connectivity index (χ4v) is 2.63. The fraction of sp³-hybridized carbons (Fsp3) is 0.0909. The minimum absolute atomic E-state index is 0.182. The van der Waals surface area contributed by atoms with Crippen LogP contribution in [0.3, 0.4) is 0 Å². The number of hydrazine groups is 1. The zero-order chi connectivity index (χ0) is 19.1. The molecule has 0 aliphatic carbocycles. The largest absolute Gasteiger partial charge is 0.483 e. The Bertz CT molecular complexity index is 990. The lowest BCUT2D eigenvalue weighted by Gasteiger charge is -2.09. The Labute approximate surface area is 157 Å². The number of hydrogen-bond acceptors (Lipinski definition) is 3. The van der Waals surface area contributed by atoms with Crippen molar-refractivity contribution < 1.29 is 14.3 Å². The van der Waals surface area contributed by atoms with Gasteiger partial charge in [0.25, 0.3) is 11.8 Å². The summed E-state index contributed by atoms with van der Waals surface area (Å²) < 4.78 is 5.43. The van der Waals surface area contributed by atoms with Crippen LogP contribution in [0, 0.1) is 6.92 Å². The third-order valence-corrected chi connectivity index (χ3v) is 4.02. The molecule has 5 heteroatoms. The van der Waals surface area contributed by atoms with E-state index in [1.807, 2.05) is 67.6 Å². The van der Waals surface area contributed by atoms with Crippen LogP contribution in [0.2, 0.25) is 0 Å². The van der Waals surface area contributed by atoms with Crippen LogP contribution >= 0.6 is 0 Å². The molecule has 0 spiro atoms. The van der Waals surface area contributed by atoms with Crippen LogP contribution in [0.1, 0.15) is 11.1 Å². The molecule has 0 heterocycles. The molecule has 2 N–H and O–H groups in total. The SMILES string of the molecule is Cc1ccccc1OCC(=O)NNC(=O)C=Cc1cccc2ccccc12. The van der Waals surface area contributed by atoms with Crippen molar-refractivity contribution in [3.63, 3.8) is 0 Å². The average molecular weight is 360 g/mol. The third-order valence-electron chi connectivity index (χ3n) is 4.02. The second kappa shape index (κ2) is 8.67. The Morgan fingerprint density at radius 3 is 2.52 bits per heavy atom. The lowest BCUT2D eigenvalue weighted by molar-refractivity contribution is -0.128. The highest BCUT2D eigenvalue weighted by molar-refractivity contribution is 5.97. The number of amides is 2. The molecule has 136 valence electrons. The maximum absolute atomic E-state index is 11.9. The van der Waals surface area contributed by atoms with Crippen molar-refractivity contribution in [1.29, 1.82) is 0 Å². The Balaban J connectivity index is 1.51. The van der Waals surface area contributed by atoms with Gasteiger partial charge in [0.05, 0.1) is 0 Å². The van der Waals surface area contributed by atoms with Crippen LogP contribution in [0.25, 0.3) is 16.8 Å². The molecular formula is C22H20N2O3. The van der Waals surface area contributed by atoms with Crippen molar-refractivity contribution in [2.24, 2.45) is 0 Å². The Hall–Kier alpha value is -3.60. The topological polar surface area (TPSA) is 67.4 Å². The first-order chi connectivity index (χ1) is 13.1. The smallest absolute Gasteiger partial charge is 0.276 e. The molecule has 0 saturated heterocycles. The highest BCUT2D eigenvalue weighted by Crippen LogP contribution is 2.19. The Kier molecular flexibility index (Phi) is 5.84. The molecule has 5 nitrogen and oxygen atoms in total. The van der Waals surface area contributed by atoms with Gasteiger partial charge in [-0.3, -0.25) is 20.4 Å². The molecule has 3 aromatic rings. The molecule has 3 aromatic carbocycles. The quantitative estimate of drug-likeness (QED) is 0.541. The van der Waals surface area contributed by atoms with Crippen LogP contribution in [0.5, 0.6) is 5.75 Å². The van der Waals surface area contributed by atoms with Gasteiger partial charge in [-0.2, -0.15) is 0 Å². The van der Waals surface area contributed by atoms with Gasteiger partial charge in [-0.1, -0.05) is 60.7 Å². The van der Waals surface area contributed by atoms with Gasteiger partial charge in [0.15, 0.2) is 6.61 Å². The number of carbonyl (C=O) groups excluding carboxylic acids is 2. The van der Waals surface area contributed by atoms with E-state index in [9.17, 15) is 9.59 Å². The number of para-hydroxylation sites is 1. The molecule has 3 rings (SSSR count). The van der Waals surface area contributed by atoms with Crippen molar-refractivity contribution in [2.75, 3.05) is 6.61 Å². The Morgan fingerprint density at radius 1 is 0.926 bits per heavy atom. The molecule has 0 unspecified atom stereocenters. The molecule has 2 amide bonds. The highest BCUT2D eigenvalue weighted by atomic mass is 16.5. The summed E-state index contributed by atoms with van der Waals surface area (Å²) in [7, 11) is 0. The van der Waals surface area contributed by atoms with Gasteiger partial charge in [-0.15, -0.1) is 0 Å². The number of ether oxygens (including phenoxy) is 1. The number of carbonyl (C=O) groups is 2. The fourth-order valence-electron chi connectivity index (χ4n) is 2.63. The van der Waals surface area contributed by atoms with Crippen LogP contribution in [0.4, 0.5) is 0 Å². The lowest BCUT2D eigenvalue weighted by atomic mass is 10.0. The van der Waals surface area contributed by atoms with Crippen LogP contribution in [-0.2, 0) is 9.59 Å². The molecule has 0 fully saturated rings. The van der Waals surface area contributed by atoms with Crippen LogP contribution in [0.15, 0.2) is 72.8 Å². The zero-order valence-electron chi connectivity index (χ0n) is 14.9. The molecule has 0 aliphatic heterocycles. The van der Waals surface area contributed by atoms with Crippen molar-refractivity contribution in [1.82, 2.24) is 10.9 Å². The summed E-state index contributed by atoms with van der Waals surface area (Å²) in [5, 5.41) is 2.15.